The number of alkyl carbamates (subject to hydrolysis) is 1. The Labute approximate surface area is 537 Å². The number of amides is 5. The Balaban J connectivity index is 0.843. The van der Waals surface area contributed by atoms with Crippen LogP contribution in [0.5, 0.6) is 5.75 Å². The maximum absolute atomic E-state index is 14.4. The van der Waals surface area contributed by atoms with E-state index in [1.807, 2.05) is 17.7 Å². The number of epoxide rings is 1. The third kappa shape index (κ3) is 19.4. The number of aryl methyl sites for hydroxylation is 2. The summed E-state index contributed by atoms with van der Waals surface area (Å²) in [6.45, 7) is 10.6. The number of nitrogens with one attached hydrogen (secondary N) is 3. The Morgan fingerprint density at radius 1 is 0.989 bits per heavy atom. The zero-order valence-electron chi connectivity index (χ0n) is 54.0. The maximum Gasteiger partial charge on any atom is 0.409 e. The molecule has 5 N–H and O–H groups in total. The fraction of sp³-hybridized carbons (Fsp3) is 0.688. The number of hydrogen-bond donors (Lipinski definition) is 5. The third-order valence-corrected chi connectivity index (χ3v) is 18.7. The van der Waals surface area contributed by atoms with Crippen LogP contribution in [0.1, 0.15) is 129 Å². The Bertz CT molecular complexity index is 2960. The number of esters is 2. The van der Waals surface area contributed by atoms with E-state index < -0.39 is 102 Å². The van der Waals surface area contributed by atoms with E-state index in [0.717, 1.165) is 67.5 Å². The first-order chi connectivity index (χ1) is 43.4. The largest absolute Gasteiger partial charge is 0.495 e. The lowest BCUT2D eigenvalue weighted by molar-refractivity contribution is -0.162. The number of carboxylic acids is 1. The summed E-state index contributed by atoms with van der Waals surface area (Å²) < 4.78 is 48.3. The summed E-state index contributed by atoms with van der Waals surface area (Å²) in [7, 11) is 5.86. The molecule has 5 amide bonds. The molecule has 4 bridgehead atoms. The quantitative estimate of drug-likeness (QED) is 0.0302. The molecule has 7 rings (SSSR count). The van der Waals surface area contributed by atoms with Crippen LogP contribution in [0.2, 0.25) is 5.02 Å². The van der Waals surface area contributed by atoms with Crippen molar-refractivity contribution in [1.82, 2.24) is 35.8 Å². The first-order valence-corrected chi connectivity index (χ1v) is 32.1. The fourth-order valence-corrected chi connectivity index (χ4v) is 12.8. The highest BCUT2D eigenvalue weighted by atomic mass is 35.5. The van der Waals surface area contributed by atoms with Crippen molar-refractivity contribution in [3.8, 4) is 5.75 Å². The molecule has 2 aromatic rings. The van der Waals surface area contributed by atoms with Gasteiger partial charge in [0.25, 0.3) is 0 Å². The number of hydrogen-bond acceptors (Lipinski definition) is 19. The molecule has 5 aliphatic rings. The van der Waals surface area contributed by atoms with Crippen LogP contribution in [0.25, 0.3) is 0 Å². The molecule has 27 heteroatoms. The van der Waals surface area contributed by atoms with Gasteiger partial charge in [-0.15, -0.1) is 5.10 Å². The molecule has 3 fully saturated rings. The first-order valence-electron chi connectivity index (χ1n) is 31.7. The summed E-state index contributed by atoms with van der Waals surface area (Å²) in [5.41, 5.74) is 0.772. The topological polar surface area (TPSA) is 327 Å². The predicted molar refractivity (Wildman–Crippen MR) is 330 cm³/mol. The van der Waals surface area contributed by atoms with Gasteiger partial charge in [0.05, 0.1) is 89.1 Å². The Morgan fingerprint density at radius 2 is 1.73 bits per heavy atom. The number of ether oxygens (including phenoxy) is 8. The Hall–Kier alpha value is -6.71. The van der Waals surface area contributed by atoms with Crippen molar-refractivity contribution < 1.29 is 86.5 Å². The molecular formula is C64H93ClN8O18. The number of aliphatic hydroxyl groups is 1. The number of carbonyl (C=O) groups excluding carboxylic acids is 7. The lowest BCUT2D eigenvalue weighted by Gasteiger charge is -2.42. The maximum atomic E-state index is 14.4. The van der Waals surface area contributed by atoms with Crippen LogP contribution in [-0.4, -0.2) is 194 Å². The van der Waals surface area contributed by atoms with Crippen molar-refractivity contribution in [2.75, 3.05) is 79.3 Å². The van der Waals surface area contributed by atoms with Crippen molar-refractivity contribution in [3.05, 3.63) is 57.9 Å². The van der Waals surface area contributed by atoms with Crippen LogP contribution < -0.4 is 25.6 Å². The molecule has 91 heavy (non-hydrogen) atoms. The summed E-state index contributed by atoms with van der Waals surface area (Å²) in [5, 5.41) is 38.4. The molecule has 2 aliphatic carbocycles. The number of nitrogens with zero attached hydrogens (tertiary/aromatic N) is 5. The smallest absolute Gasteiger partial charge is 0.409 e. The third-order valence-electron chi connectivity index (χ3n) is 18.3. The molecule has 12 atom stereocenters. The second-order valence-electron chi connectivity index (χ2n) is 24.8. The number of methoxy groups -OCH3 is 2. The van der Waals surface area contributed by atoms with Gasteiger partial charge < -0.3 is 68.5 Å². The molecule has 1 aromatic carbocycles. The SMILES string of the molecule is CCCCCNC(=O)CCn1nnc2c1CC[C@@H]1C(COC(=O)CC(CCC(=O)O)C(=O)NCCOCCOCCC(=O)N(C)[C@H](C)C(=O)O[C@H]3CC(=O)N(C)c4cc(cc(OC)c4Cl)C/C(C)=C/C=C/[C@@H](OC)[C@@]4(O)C[C@H](OC(=O)N4)[C@@H](C)[C@@H]4O[C@@]34C)[C@@H]1CC2. The van der Waals surface area contributed by atoms with E-state index in [2.05, 4.69) is 33.2 Å². The normalized spacial score (nSPS) is 27.0. The Kier molecular flexibility index (Phi) is 26.2. The number of anilines is 1. The van der Waals surface area contributed by atoms with E-state index in [9.17, 15) is 48.6 Å². The lowest BCUT2D eigenvalue weighted by atomic mass is 9.83. The number of halogens is 1. The van der Waals surface area contributed by atoms with Gasteiger partial charge in [-0.05, 0) is 101 Å². The van der Waals surface area contributed by atoms with Gasteiger partial charge >= 0.3 is 24.0 Å². The van der Waals surface area contributed by atoms with Gasteiger partial charge in [0, 0.05) is 65.4 Å². The summed E-state index contributed by atoms with van der Waals surface area (Å²) in [6.07, 6.45) is 6.22. The lowest BCUT2D eigenvalue weighted by Crippen LogP contribution is -2.63. The summed E-state index contributed by atoms with van der Waals surface area (Å²) in [6, 6.07) is 2.39. The molecule has 4 heterocycles. The molecule has 2 unspecified atom stereocenters. The number of aromatic nitrogens is 3. The minimum absolute atomic E-state index is 0.00440. The number of unbranched alkanes of at least 4 members (excludes halogenated alkanes) is 2. The molecule has 1 aromatic heterocycles. The van der Waals surface area contributed by atoms with Crippen LogP contribution in [0.3, 0.4) is 0 Å². The molecule has 1 saturated carbocycles. The molecular weight excluding hydrogens is 1200 g/mol. The molecule has 0 radical (unpaired) electrons. The van der Waals surface area contributed by atoms with Crippen molar-refractivity contribution in [1.29, 1.82) is 0 Å². The average Bonchev–Trinajstić information content (AvgIpc) is 1.60. The predicted octanol–water partition coefficient (Wildman–Crippen LogP) is 5.20. The van der Waals surface area contributed by atoms with E-state index in [-0.39, 0.29) is 88.5 Å². The van der Waals surface area contributed by atoms with Gasteiger partial charge in [-0.2, -0.15) is 0 Å². The van der Waals surface area contributed by atoms with Gasteiger partial charge in [0.1, 0.15) is 40.7 Å². The highest BCUT2D eigenvalue weighted by Gasteiger charge is 2.64. The van der Waals surface area contributed by atoms with Gasteiger partial charge in [0.2, 0.25) is 23.6 Å². The van der Waals surface area contributed by atoms with E-state index in [1.165, 1.54) is 38.0 Å². The van der Waals surface area contributed by atoms with E-state index in [1.54, 1.807) is 45.2 Å². The number of carboxylic acid groups (broad SMARTS) is 1. The molecule has 26 nitrogen and oxygen atoms in total. The Morgan fingerprint density at radius 3 is 2.44 bits per heavy atom. The van der Waals surface area contributed by atoms with Crippen molar-refractivity contribution >= 4 is 64.9 Å². The number of aliphatic carboxylic acids is 1. The number of rotatable bonds is 29. The fourth-order valence-electron chi connectivity index (χ4n) is 12.5. The minimum Gasteiger partial charge on any atom is -0.495 e. The molecule has 0 spiro atoms. The van der Waals surface area contributed by atoms with Crippen molar-refractivity contribution in [2.24, 2.45) is 29.6 Å². The first kappa shape index (κ1) is 71.7. The molecule has 3 aliphatic heterocycles. The van der Waals surface area contributed by atoms with Crippen LogP contribution in [0.4, 0.5) is 10.5 Å². The number of allylic oxidation sites excluding steroid dienone is 3. The highest BCUT2D eigenvalue weighted by Crippen LogP contribution is 2.53. The molecule has 504 valence electrons. The van der Waals surface area contributed by atoms with Gasteiger partial charge in [0.15, 0.2) is 5.72 Å². The summed E-state index contributed by atoms with van der Waals surface area (Å²) >= 11 is 6.83. The zero-order chi connectivity index (χ0) is 66.2. The monoisotopic (exact) mass is 1300 g/mol. The zero-order valence-corrected chi connectivity index (χ0v) is 54.7. The van der Waals surface area contributed by atoms with Crippen molar-refractivity contribution in [3.63, 3.8) is 0 Å². The number of benzene rings is 1. The van der Waals surface area contributed by atoms with E-state index in [0.29, 0.717) is 49.2 Å². The minimum atomic E-state index is -1.89. The van der Waals surface area contributed by atoms with Crippen molar-refractivity contribution in [2.45, 2.75) is 179 Å². The van der Waals surface area contributed by atoms with Gasteiger partial charge in [-0.1, -0.05) is 67.3 Å². The van der Waals surface area contributed by atoms with E-state index in [4.69, 9.17) is 49.5 Å². The summed E-state index contributed by atoms with van der Waals surface area (Å²) in [5.74, 6) is -4.28. The van der Waals surface area contributed by atoms with Crippen LogP contribution in [0, 0.1) is 29.6 Å². The second-order valence-corrected chi connectivity index (χ2v) is 25.1. The van der Waals surface area contributed by atoms with E-state index >= 15 is 0 Å². The second kappa shape index (κ2) is 33.2. The van der Waals surface area contributed by atoms with Gasteiger partial charge in [-0.25, -0.2) is 14.3 Å². The van der Waals surface area contributed by atoms with Crippen LogP contribution in [0.15, 0.2) is 35.9 Å². The van der Waals surface area contributed by atoms with Crippen LogP contribution in [-0.2, 0) is 92.5 Å². The number of likely N-dealkylation sites (N-methyl/N-ethyl adjacent to an activating group) is 1. The molecule has 2 saturated heterocycles. The summed E-state index contributed by atoms with van der Waals surface area (Å²) in [4.78, 5) is 108. The number of carbonyl (C=O) groups is 8. The number of fused-ring (bicyclic) bond motifs is 7. The average molecular weight is 1300 g/mol. The van der Waals surface area contributed by atoms with Crippen LogP contribution >= 0.6 is 11.6 Å². The highest BCUT2D eigenvalue weighted by molar-refractivity contribution is 6.35. The van der Waals surface area contributed by atoms with Gasteiger partial charge in [-0.3, -0.25) is 34.1 Å². The standard InChI is InChI=1S/C64H93ClN8O18/c1-10-11-12-24-66-53(74)22-26-73-47-20-18-44-43(17-19-46(47)69-70-73)45(44)37-88-57(79)34-42(16-21-56(77)78)60(80)67-25-28-87-30-29-86-27-23-54(75)71(6)40(4)61(81)90-52-35-55(76)72(7)48-32-41(33-49(84-8)58(48)65)31-38(2)14-13-15-51(85-9)64(83)36-50(89-62(82)68-64)39(3)59-63(52,5)91-59/h13-15,32-33,39-40,42-45,50-52,59,83H,10-12,16-31,34-37H2,1-9H3,(H,66,74)(H,67,80)(H,68,82)(H,77,78)/b15-13+,38-14+/t39-,40-,42?,43-,44+,45?,50+,51-,52+,59+,63+,64+/m1/s1.